The van der Waals surface area contributed by atoms with Crippen LogP contribution in [0, 0.1) is 0 Å². The second-order valence-corrected chi connectivity index (χ2v) is 4.71. The van der Waals surface area contributed by atoms with Crippen molar-refractivity contribution >= 4 is 11.9 Å². The molecule has 0 aliphatic carbocycles. The summed E-state index contributed by atoms with van der Waals surface area (Å²) in [7, 11) is 0. The smallest absolute Gasteiger partial charge is 0.326 e. The molecule has 2 aliphatic heterocycles. The van der Waals surface area contributed by atoms with Gasteiger partial charge in [-0.25, -0.2) is 4.79 Å². The first-order chi connectivity index (χ1) is 8.66. The van der Waals surface area contributed by atoms with Gasteiger partial charge in [-0.1, -0.05) is 37.3 Å². The summed E-state index contributed by atoms with van der Waals surface area (Å²) in [6, 6.07) is 9.61. The maximum atomic E-state index is 11.7. The second kappa shape index (κ2) is 4.10. The molecule has 2 aliphatic rings. The topological polar surface area (TPSA) is 61.9 Å². The number of nitrogens with zero attached hydrogens (tertiary/aromatic N) is 1. The highest BCUT2D eigenvalue weighted by atomic mass is 16.6. The first-order valence-electron chi connectivity index (χ1n) is 5.98. The predicted molar refractivity (Wildman–Crippen MR) is 63.8 cm³/mol. The molecule has 2 saturated heterocycles. The van der Waals surface area contributed by atoms with Gasteiger partial charge in [0.2, 0.25) is 0 Å². The zero-order valence-electron chi connectivity index (χ0n) is 10.00. The monoisotopic (exact) mass is 246 g/mol. The number of hydrogen-bond acceptors (Lipinski definition) is 3. The van der Waals surface area contributed by atoms with Crippen LogP contribution in [0.1, 0.15) is 18.4 Å². The SMILES string of the molecule is CC(CN1C(=O)NC(=O)C2OC21)c1ccccc1. The molecule has 1 aromatic carbocycles. The largest absolute Gasteiger partial charge is 0.337 e. The minimum absolute atomic E-state index is 0.204. The van der Waals surface area contributed by atoms with Gasteiger partial charge in [0.05, 0.1) is 0 Å². The quantitative estimate of drug-likeness (QED) is 0.811. The van der Waals surface area contributed by atoms with Gasteiger partial charge in [0, 0.05) is 6.54 Å². The van der Waals surface area contributed by atoms with Gasteiger partial charge in [0.15, 0.2) is 12.3 Å². The van der Waals surface area contributed by atoms with Crippen LogP contribution in [0.3, 0.4) is 0 Å². The lowest BCUT2D eigenvalue weighted by atomic mass is 10.0. The predicted octanol–water partition coefficient (Wildman–Crippen LogP) is 1.07. The zero-order chi connectivity index (χ0) is 12.7. The molecule has 18 heavy (non-hydrogen) atoms. The molecule has 2 heterocycles. The third-order valence-corrected chi connectivity index (χ3v) is 3.36. The number of carbonyl (C=O) groups excluding carboxylic acids is 2. The van der Waals surface area contributed by atoms with E-state index in [0.717, 1.165) is 0 Å². The van der Waals surface area contributed by atoms with Crippen LogP contribution >= 0.6 is 0 Å². The molecule has 3 rings (SSSR count). The number of ether oxygens (including phenoxy) is 1. The van der Waals surface area contributed by atoms with Crippen LogP contribution in [0.25, 0.3) is 0 Å². The van der Waals surface area contributed by atoms with Gasteiger partial charge < -0.3 is 4.74 Å². The molecule has 94 valence electrons. The Hall–Kier alpha value is -1.88. The van der Waals surface area contributed by atoms with Crippen molar-refractivity contribution in [3.63, 3.8) is 0 Å². The first kappa shape index (κ1) is 11.2. The molecular formula is C13H14N2O3. The molecule has 1 aromatic rings. The van der Waals surface area contributed by atoms with E-state index in [9.17, 15) is 9.59 Å². The van der Waals surface area contributed by atoms with Crippen LogP contribution in [0.15, 0.2) is 30.3 Å². The van der Waals surface area contributed by atoms with Crippen LogP contribution in [0.5, 0.6) is 0 Å². The fourth-order valence-corrected chi connectivity index (χ4v) is 2.27. The Labute approximate surface area is 105 Å². The van der Waals surface area contributed by atoms with Crippen molar-refractivity contribution in [1.29, 1.82) is 0 Å². The van der Waals surface area contributed by atoms with Gasteiger partial charge >= 0.3 is 6.03 Å². The summed E-state index contributed by atoms with van der Waals surface area (Å²) in [6.07, 6.45) is -0.830. The second-order valence-electron chi connectivity index (χ2n) is 4.71. The third kappa shape index (κ3) is 1.86. The van der Waals surface area contributed by atoms with Gasteiger partial charge in [-0.2, -0.15) is 0 Å². The molecule has 3 amide bonds. The lowest BCUT2D eigenvalue weighted by Crippen LogP contribution is -2.52. The van der Waals surface area contributed by atoms with Crippen LogP contribution in [0.4, 0.5) is 4.79 Å². The number of benzene rings is 1. The van der Waals surface area contributed by atoms with Crippen molar-refractivity contribution in [3.05, 3.63) is 35.9 Å². The van der Waals surface area contributed by atoms with Crippen LogP contribution in [-0.4, -0.2) is 35.7 Å². The van der Waals surface area contributed by atoms with Crippen LogP contribution in [-0.2, 0) is 9.53 Å². The Kier molecular flexibility index (Phi) is 2.56. The molecule has 5 heteroatoms. The number of rotatable bonds is 3. The number of hydrogen-bond donors (Lipinski definition) is 1. The maximum absolute atomic E-state index is 11.7. The fraction of sp³-hybridized carbons (Fsp3) is 0.385. The van der Waals surface area contributed by atoms with E-state index >= 15 is 0 Å². The van der Waals surface area contributed by atoms with Crippen molar-refractivity contribution in [2.75, 3.05) is 6.54 Å². The lowest BCUT2D eigenvalue weighted by molar-refractivity contribution is -0.121. The maximum Gasteiger partial charge on any atom is 0.326 e. The number of urea groups is 1. The Morgan fingerprint density at radius 1 is 1.33 bits per heavy atom. The molecule has 0 bridgehead atoms. The highest BCUT2D eigenvalue weighted by Gasteiger charge is 2.55. The number of nitrogens with one attached hydrogen (secondary N) is 1. The van der Waals surface area contributed by atoms with E-state index in [2.05, 4.69) is 12.2 Å². The van der Waals surface area contributed by atoms with E-state index < -0.39 is 6.10 Å². The van der Waals surface area contributed by atoms with Gasteiger partial charge in [0.25, 0.3) is 5.91 Å². The Morgan fingerprint density at radius 3 is 2.78 bits per heavy atom. The van der Waals surface area contributed by atoms with Crippen LogP contribution in [0.2, 0.25) is 0 Å². The van der Waals surface area contributed by atoms with E-state index in [1.807, 2.05) is 30.3 Å². The molecule has 1 N–H and O–H groups in total. The fourth-order valence-electron chi connectivity index (χ4n) is 2.27. The standard InChI is InChI=1S/C13H14N2O3/c1-8(9-5-3-2-4-6-9)7-15-12-10(18-12)11(16)14-13(15)17/h2-6,8,10,12H,7H2,1H3,(H,14,16,17). The number of fused-ring (bicyclic) bond motifs is 1. The van der Waals surface area contributed by atoms with Crippen LogP contribution < -0.4 is 5.32 Å². The molecule has 3 unspecified atom stereocenters. The molecule has 0 aromatic heterocycles. The van der Waals surface area contributed by atoms with Gasteiger partial charge in [-0.3, -0.25) is 15.0 Å². The summed E-state index contributed by atoms with van der Waals surface area (Å²) < 4.78 is 5.20. The van der Waals surface area contributed by atoms with Crippen molar-refractivity contribution in [1.82, 2.24) is 10.2 Å². The number of epoxide rings is 1. The summed E-state index contributed by atoms with van der Waals surface area (Å²) >= 11 is 0. The van der Waals surface area contributed by atoms with E-state index in [1.54, 1.807) is 4.90 Å². The van der Waals surface area contributed by atoms with Crippen molar-refractivity contribution in [2.24, 2.45) is 0 Å². The molecule has 0 spiro atoms. The highest BCUT2D eigenvalue weighted by Crippen LogP contribution is 2.31. The highest BCUT2D eigenvalue weighted by molar-refractivity contribution is 6.01. The average Bonchev–Trinajstić information content (AvgIpc) is 3.16. The molecular weight excluding hydrogens is 232 g/mol. The minimum atomic E-state index is -0.467. The molecule has 0 radical (unpaired) electrons. The number of amides is 3. The third-order valence-electron chi connectivity index (χ3n) is 3.36. The van der Waals surface area contributed by atoms with E-state index in [1.165, 1.54) is 5.56 Å². The van der Waals surface area contributed by atoms with E-state index in [-0.39, 0.29) is 24.1 Å². The number of imide groups is 1. The van der Waals surface area contributed by atoms with Crippen molar-refractivity contribution in [2.45, 2.75) is 25.2 Å². The summed E-state index contributed by atoms with van der Waals surface area (Å²) in [5.74, 6) is -0.122. The van der Waals surface area contributed by atoms with Crippen molar-refractivity contribution < 1.29 is 14.3 Å². The molecule has 3 atom stereocenters. The Morgan fingerprint density at radius 2 is 2.06 bits per heavy atom. The van der Waals surface area contributed by atoms with E-state index in [4.69, 9.17) is 4.74 Å². The summed E-state index contributed by atoms with van der Waals surface area (Å²) in [5, 5.41) is 2.30. The normalized spacial score (nSPS) is 27.5. The van der Waals surface area contributed by atoms with Gasteiger partial charge in [-0.15, -0.1) is 0 Å². The van der Waals surface area contributed by atoms with Gasteiger partial charge in [-0.05, 0) is 11.5 Å². The molecule has 2 fully saturated rings. The molecule has 0 saturated carbocycles. The van der Waals surface area contributed by atoms with E-state index in [0.29, 0.717) is 6.54 Å². The summed E-state index contributed by atoms with van der Waals surface area (Å²) in [5.41, 5.74) is 1.17. The molecule has 5 nitrogen and oxygen atoms in total. The van der Waals surface area contributed by atoms with Gasteiger partial charge in [0.1, 0.15) is 0 Å². The Bertz CT molecular complexity index is 488. The first-order valence-corrected chi connectivity index (χ1v) is 5.98. The summed E-state index contributed by atoms with van der Waals surface area (Å²) in [6.45, 7) is 2.60. The zero-order valence-corrected chi connectivity index (χ0v) is 10.00. The average molecular weight is 246 g/mol. The summed E-state index contributed by atoms with van der Waals surface area (Å²) in [4.78, 5) is 24.6. The Balaban J connectivity index is 1.70. The lowest BCUT2D eigenvalue weighted by Gasteiger charge is -2.26. The number of carbonyl (C=O) groups is 2. The van der Waals surface area contributed by atoms with Crippen molar-refractivity contribution in [3.8, 4) is 0 Å². The minimum Gasteiger partial charge on any atom is -0.337 e.